The lowest BCUT2D eigenvalue weighted by Crippen LogP contribution is -2.63. The zero-order chi connectivity index (χ0) is 25.3. The molecule has 35 heavy (non-hydrogen) atoms. The van der Waals surface area contributed by atoms with Crippen molar-refractivity contribution in [3.8, 4) is 0 Å². The van der Waals surface area contributed by atoms with Crippen LogP contribution in [-0.2, 0) is 20.8 Å². The van der Waals surface area contributed by atoms with Gasteiger partial charge < -0.3 is 24.6 Å². The lowest BCUT2D eigenvalue weighted by Gasteiger charge is -2.45. The molecule has 2 fully saturated rings. The van der Waals surface area contributed by atoms with Gasteiger partial charge in [0.25, 0.3) is 0 Å². The second-order valence-electron chi connectivity index (χ2n) is 9.00. The van der Waals surface area contributed by atoms with Gasteiger partial charge in [0, 0.05) is 42.7 Å². The molecular weight excluding hydrogens is 476 g/mol. The molecule has 0 radical (unpaired) electrons. The molecule has 0 aliphatic carbocycles. The highest BCUT2D eigenvalue weighted by Gasteiger charge is 2.60. The standard InChI is InChI=1S/C23H30N4O7S/c1-4-10-33-22(30)26-12-16(11-15(26)6-9-25-8-5-7-24-25)35-19-13(2)18-17(14(3)28)20(29)27(18)21(19)34-23(31)32/h4-5,7-8,13-18,28H,1,6,9-12H2,2-3H3,(H,31,32)/t13-,14-,15-,16+,17-,18-/m1/s1. The number of likely N-dealkylation sites (tertiary alicyclic amines) is 1. The van der Waals surface area contributed by atoms with Crippen LogP contribution in [0.3, 0.4) is 0 Å². The molecule has 0 spiro atoms. The highest BCUT2D eigenvalue weighted by molar-refractivity contribution is 8.03. The van der Waals surface area contributed by atoms with E-state index in [0.29, 0.717) is 30.8 Å². The predicted molar refractivity (Wildman–Crippen MR) is 126 cm³/mol. The van der Waals surface area contributed by atoms with Gasteiger partial charge in [0.15, 0.2) is 0 Å². The lowest BCUT2D eigenvalue weighted by molar-refractivity contribution is -0.163. The van der Waals surface area contributed by atoms with Crippen LogP contribution in [0.1, 0.15) is 26.7 Å². The Kier molecular flexibility index (Phi) is 7.41. The largest absolute Gasteiger partial charge is 0.512 e. The number of aliphatic hydroxyl groups is 1. The van der Waals surface area contributed by atoms with Crippen molar-refractivity contribution in [2.24, 2.45) is 11.8 Å². The number of aryl methyl sites for hydroxylation is 1. The summed E-state index contributed by atoms with van der Waals surface area (Å²) in [6, 6.07) is 1.39. The molecule has 11 nitrogen and oxygen atoms in total. The smallest absolute Gasteiger partial charge is 0.449 e. The number of aromatic nitrogens is 2. The van der Waals surface area contributed by atoms with E-state index < -0.39 is 24.3 Å². The van der Waals surface area contributed by atoms with Gasteiger partial charge >= 0.3 is 12.2 Å². The van der Waals surface area contributed by atoms with Gasteiger partial charge in [-0.15, -0.1) is 11.8 Å². The molecule has 12 heteroatoms. The van der Waals surface area contributed by atoms with E-state index in [1.165, 1.54) is 22.7 Å². The molecule has 3 aliphatic heterocycles. The zero-order valence-electron chi connectivity index (χ0n) is 19.6. The van der Waals surface area contributed by atoms with Crippen molar-refractivity contribution in [3.63, 3.8) is 0 Å². The summed E-state index contributed by atoms with van der Waals surface area (Å²) in [5, 5.41) is 23.5. The van der Waals surface area contributed by atoms with Crippen molar-refractivity contribution in [1.82, 2.24) is 19.6 Å². The summed E-state index contributed by atoms with van der Waals surface area (Å²) in [6.45, 7) is 8.19. The number of hydrogen-bond acceptors (Lipinski definition) is 8. The molecule has 4 rings (SSSR count). The first-order valence-electron chi connectivity index (χ1n) is 11.6. The summed E-state index contributed by atoms with van der Waals surface area (Å²) in [7, 11) is 0. The third-order valence-electron chi connectivity index (χ3n) is 6.73. The van der Waals surface area contributed by atoms with Gasteiger partial charge in [0.05, 0.1) is 23.0 Å². The van der Waals surface area contributed by atoms with Crippen LogP contribution in [0.4, 0.5) is 9.59 Å². The Hall–Kier alpha value is -2.99. The van der Waals surface area contributed by atoms with Crippen LogP contribution in [-0.4, -0.2) is 84.5 Å². The normalized spacial score (nSPS) is 28.5. The maximum absolute atomic E-state index is 12.7. The maximum Gasteiger partial charge on any atom is 0.512 e. The van der Waals surface area contributed by atoms with Crippen LogP contribution < -0.4 is 0 Å². The Morgan fingerprint density at radius 1 is 1.43 bits per heavy atom. The molecule has 4 heterocycles. The molecule has 0 aromatic carbocycles. The average Bonchev–Trinajstić information content (AvgIpc) is 3.50. The predicted octanol–water partition coefficient (Wildman–Crippen LogP) is 2.49. The SMILES string of the molecule is C=CCOC(=O)N1C[C@@H](SC2=C(OC(=O)O)N3C(=O)[C@H]([C@@H](C)O)[C@H]3[C@H]2C)C[C@H]1CCn1cccn1. The van der Waals surface area contributed by atoms with Gasteiger partial charge in [-0.25, -0.2) is 9.59 Å². The number of fused-ring (bicyclic) bond motifs is 1. The van der Waals surface area contributed by atoms with E-state index >= 15 is 0 Å². The van der Waals surface area contributed by atoms with Crippen molar-refractivity contribution in [2.75, 3.05) is 13.2 Å². The van der Waals surface area contributed by atoms with E-state index in [1.807, 2.05) is 19.2 Å². The summed E-state index contributed by atoms with van der Waals surface area (Å²) in [6.07, 6.45) is 3.62. The van der Waals surface area contributed by atoms with Gasteiger partial charge in [0.1, 0.15) is 6.61 Å². The fraction of sp³-hybridized carbons (Fsp3) is 0.565. The van der Waals surface area contributed by atoms with Crippen molar-refractivity contribution in [3.05, 3.63) is 41.9 Å². The molecule has 1 aromatic heterocycles. The first-order chi connectivity index (χ1) is 16.7. The van der Waals surface area contributed by atoms with Crippen molar-refractivity contribution in [1.29, 1.82) is 0 Å². The summed E-state index contributed by atoms with van der Waals surface area (Å²) in [5.41, 5.74) is 0. The number of carboxylic acid groups (broad SMARTS) is 1. The number of aliphatic hydroxyl groups excluding tert-OH is 1. The number of nitrogens with zero attached hydrogens (tertiary/aromatic N) is 4. The molecule has 0 unspecified atom stereocenters. The summed E-state index contributed by atoms with van der Waals surface area (Å²) < 4.78 is 12.2. The number of carbonyl (C=O) groups excluding carboxylic acids is 2. The third kappa shape index (κ3) is 4.90. The molecule has 190 valence electrons. The minimum atomic E-state index is -1.50. The molecule has 1 aromatic rings. The molecule has 0 saturated carbocycles. The number of thioether (sulfide) groups is 1. The number of hydrogen-bond donors (Lipinski definition) is 2. The maximum atomic E-state index is 12.7. The molecule has 2 N–H and O–H groups in total. The van der Waals surface area contributed by atoms with E-state index in [1.54, 1.807) is 22.7 Å². The van der Waals surface area contributed by atoms with Crippen LogP contribution in [0.2, 0.25) is 0 Å². The quantitative estimate of drug-likeness (QED) is 0.294. The summed E-state index contributed by atoms with van der Waals surface area (Å²) in [4.78, 5) is 40.5. The van der Waals surface area contributed by atoms with Crippen molar-refractivity contribution in [2.45, 2.75) is 56.7 Å². The third-order valence-corrected chi connectivity index (χ3v) is 8.20. The molecule has 3 aliphatic rings. The number of rotatable bonds is 9. The number of β-lactam (4-membered cyclic amide) rings is 1. The summed E-state index contributed by atoms with van der Waals surface area (Å²) in [5.74, 6) is -1.15. The Morgan fingerprint density at radius 3 is 2.83 bits per heavy atom. The van der Waals surface area contributed by atoms with Crippen LogP contribution in [0.25, 0.3) is 0 Å². The average molecular weight is 507 g/mol. The van der Waals surface area contributed by atoms with E-state index in [4.69, 9.17) is 9.47 Å². The number of amides is 2. The minimum absolute atomic E-state index is 0.0164. The van der Waals surface area contributed by atoms with E-state index in [-0.39, 0.29) is 41.6 Å². The van der Waals surface area contributed by atoms with Gasteiger partial charge in [-0.2, -0.15) is 5.10 Å². The van der Waals surface area contributed by atoms with Crippen LogP contribution in [0.15, 0.2) is 41.9 Å². The number of carbonyl (C=O) groups is 3. The molecule has 6 atom stereocenters. The second kappa shape index (κ2) is 10.3. The van der Waals surface area contributed by atoms with E-state index in [2.05, 4.69) is 11.7 Å². The Labute approximate surface area is 207 Å². The summed E-state index contributed by atoms with van der Waals surface area (Å²) >= 11 is 1.43. The fourth-order valence-electron chi connectivity index (χ4n) is 5.17. The monoisotopic (exact) mass is 506 g/mol. The zero-order valence-corrected chi connectivity index (χ0v) is 20.5. The topological polar surface area (TPSA) is 134 Å². The van der Waals surface area contributed by atoms with Crippen LogP contribution in [0, 0.1) is 11.8 Å². The molecule has 2 saturated heterocycles. The van der Waals surface area contributed by atoms with Gasteiger partial charge in [-0.05, 0) is 25.8 Å². The number of ether oxygens (including phenoxy) is 2. The Balaban J connectivity index is 1.52. The minimum Gasteiger partial charge on any atom is -0.449 e. The highest BCUT2D eigenvalue weighted by atomic mass is 32.2. The molecule has 2 amide bonds. The van der Waals surface area contributed by atoms with Gasteiger partial charge in [-0.1, -0.05) is 19.6 Å². The lowest BCUT2D eigenvalue weighted by atomic mass is 9.79. The van der Waals surface area contributed by atoms with Crippen molar-refractivity contribution >= 4 is 29.9 Å². The second-order valence-corrected chi connectivity index (χ2v) is 10.3. The van der Waals surface area contributed by atoms with E-state index in [9.17, 15) is 24.6 Å². The van der Waals surface area contributed by atoms with Gasteiger partial charge in [0.2, 0.25) is 11.8 Å². The van der Waals surface area contributed by atoms with Crippen molar-refractivity contribution < 1.29 is 34.1 Å². The van der Waals surface area contributed by atoms with Gasteiger partial charge in [-0.3, -0.25) is 14.4 Å². The highest BCUT2D eigenvalue weighted by Crippen LogP contribution is 2.52. The fourth-order valence-corrected chi connectivity index (χ4v) is 6.67. The van der Waals surface area contributed by atoms with E-state index in [0.717, 1.165) is 0 Å². The van der Waals surface area contributed by atoms with Crippen LogP contribution >= 0.6 is 11.8 Å². The first kappa shape index (κ1) is 25.1. The first-order valence-corrected chi connectivity index (χ1v) is 12.4. The molecule has 0 bridgehead atoms. The Bertz CT molecular complexity index is 1010. The van der Waals surface area contributed by atoms with Crippen LogP contribution in [0.5, 0.6) is 0 Å². The molecular formula is C23H30N4O7S. The Morgan fingerprint density at radius 2 is 2.20 bits per heavy atom.